The Morgan fingerprint density at radius 1 is 1.14 bits per heavy atom. The Morgan fingerprint density at radius 3 is 2.46 bits per heavy atom. The summed E-state index contributed by atoms with van der Waals surface area (Å²) >= 11 is 4.58. The van der Waals surface area contributed by atoms with Gasteiger partial charge in [-0.3, -0.25) is 0 Å². The maximum atomic E-state index is 11.8. The zero-order valence-electron chi connectivity index (χ0n) is 16.7. The second-order valence-electron chi connectivity index (χ2n) is 8.43. The van der Waals surface area contributed by atoms with Gasteiger partial charge in [-0.1, -0.05) is 62.7 Å². The first-order valence-electron chi connectivity index (χ1n) is 9.70. The fourth-order valence-electron chi connectivity index (χ4n) is 3.85. The first-order chi connectivity index (χ1) is 13.3. The minimum absolute atomic E-state index is 0.289. The molecule has 2 unspecified atom stereocenters. The van der Waals surface area contributed by atoms with Crippen LogP contribution in [0.3, 0.4) is 0 Å². The van der Waals surface area contributed by atoms with E-state index in [4.69, 9.17) is 11.6 Å². The summed E-state index contributed by atoms with van der Waals surface area (Å²) in [5.74, 6) is 0. The van der Waals surface area contributed by atoms with E-state index in [-0.39, 0.29) is 5.41 Å². The summed E-state index contributed by atoms with van der Waals surface area (Å²) in [6.45, 7) is 8.57. The first-order valence-corrected chi connectivity index (χ1v) is 11.3. The molecule has 2 aromatic carbocycles. The van der Waals surface area contributed by atoms with Gasteiger partial charge in [-0.15, -0.1) is 0 Å². The van der Waals surface area contributed by atoms with Crippen molar-refractivity contribution in [3.63, 3.8) is 0 Å². The summed E-state index contributed by atoms with van der Waals surface area (Å²) < 4.78 is 21.6. The van der Waals surface area contributed by atoms with E-state index >= 15 is 0 Å². The Balaban J connectivity index is 1.77. The third-order valence-electron chi connectivity index (χ3n) is 5.22. The van der Waals surface area contributed by atoms with Crippen molar-refractivity contribution in [2.24, 2.45) is 5.41 Å². The monoisotopic (exact) mass is 420 g/mol. The second kappa shape index (κ2) is 8.95. The maximum Gasteiger partial charge on any atom is 0.161 e. The number of anilines is 1. The van der Waals surface area contributed by atoms with Gasteiger partial charge in [0, 0.05) is 6.54 Å². The highest BCUT2D eigenvalue weighted by atomic mass is 35.5. The molecule has 0 aromatic heterocycles. The lowest BCUT2D eigenvalue weighted by Crippen LogP contribution is -2.22. The van der Waals surface area contributed by atoms with Gasteiger partial charge in [-0.25, -0.2) is 4.21 Å². The third kappa shape index (κ3) is 4.95. The number of rotatable bonds is 5. The van der Waals surface area contributed by atoms with Crippen LogP contribution in [0.1, 0.15) is 48.3 Å². The number of benzene rings is 2. The molecule has 1 heterocycles. The standard InChI is InChI=1S/C22H29ClN2O2S/c1-22(2,3)21(28(26)27)17-6-4-15(5-7-17)14-25-20-18-11-13-24-12-10-16(18)8-9-19(20)23/h4-9,21,24-25H,10-14H2,1-3H3,(H,26,27). The van der Waals surface area contributed by atoms with E-state index in [1.165, 1.54) is 11.1 Å². The minimum Gasteiger partial charge on any atom is -0.380 e. The number of nitrogens with one attached hydrogen (secondary N) is 2. The van der Waals surface area contributed by atoms with Gasteiger partial charge in [0.25, 0.3) is 0 Å². The number of halogens is 1. The van der Waals surface area contributed by atoms with Crippen LogP contribution in [-0.2, 0) is 30.5 Å². The fourth-order valence-corrected chi connectivity index (χ4v) is 5.09. The van der Waals surface area contributed by atoms with Crippen molar-refractivity contribution in [2.45, 2.75) is 45.4 Å². The predicted octanol–water partition coefficient (Wildman–Crippen LogP) is 4.95. The van der Waals surface area contributed by atoms with Crippen molar-refractivity contribution < 1.29 is 8.76 Å². The van der Waals surface area contributed by atoms with Crippen molar-refractivity contribution in [3.05, 3.63) is 63.7 Å². The van der Waals surface area contributed by atoms with Crippen molar-refractivity contribution in [1.29, 1.82) is 0 Å². The van der Waals surface area contributed by atoms with E-state index in [9.17, 15) is 8.76 Å². The molecule has 2 aromatic rings. The Kier molecular flexibility index (Phi) is 6.81. The van der Waals surface area contributed by atoms with E-state index in [2.05, 4.69) is 16.7 Å². The van der Waals surface area contributed by atoms with Crippen LogP contribution in [-0.4, -0.2) is 21.9 Å². The molecular formula is C22H29ClN2O2S. The Hall–Kier alpha value is -1.40. The molecule has 4 nitrogen and oxygen atoms in total. The van der Waals surface area contributed by atoms with Crippen molar-refractivity contribution in [1.82, 2.24) is 5.32 Å². The van der Waals surface area contributed by atoms with Gasteiger partial charge in [-0.05, 0) is 59.7 Å². The molecule has 0 aliphatic carbocycles. The van der Waals surface area contributed by atoms with Crippen molar-refractivity contribution in [2.75, 3.05) is 18.4 Å². The molecule has 1 aliphatic rings. The zero-order valence-corrected chi connectivity index (χ0v) is 18.3. The van der Waals surface area contributed by atoms with E-state index in [1.54, 1.807) is 0 Å². The van der Waals surface area contributed by atoms with E-state index in [0.29, 0.717) is 6.54 Å². The van der Waals surface area contributed by atoms with Gasteiger partial charge in [0.15, 0.2) is 11.1 Å². The normalized spacial score (nSPS) is 16.8. The largest absolute Gasteiger partial charge is 0.380 e. The summed E-state index contributed by atoms with van der Waals surface area (Å²) in [4.78, 5) is 0. The molecule has 3 rings (SSSR count). The van der Waals surface area contributed by atoms with E-state index < -0.39 is 16.3 Å². The highest BCUT2D eigenvalue weighted by molar-refractivity contribution is 7.79. The second-order valence-corrected chi connectivity index (χ2v) is 9.86. The molecule has 152 valence electrons. The van der Waals surface area contributed by atoms with Crippen LogP contribution in [0.4, 0.5) is 5.69 Å². The molecular weight excluding hydrogens is 392 g/mol. The molecule has 0 amide bonds. The number of hydrogen-bond donors (Lipinski definition) is 3. The molecule has 3 N–H and O–H groups in total. The highest BCUT2D eigenvalue weighted by Crippen LogP contribution is 2.37. The van der Waals surface area contributed by atoms with E-state index in [0.717, 1.165) is 47.8 Å². The average molecular weight is 421 g/mol. The van der Waals surface area contributed by atoms with Crippen LogP contribution >= 0.6 is 11.6 Å². The third-order valence-corrected chi connectivity index (χ3v) is 6.92. The van der Waals surface area contributed by atoms with Crippen molar-refractivity contribution in [3.8, 4) is 0 Å². The van der Waals surface area contributed by atoms with Gasteiger partial charge in [0.1, 0.15) is 0 Å². The summed E-state index contributed by atoms with van der Waals surface area (Å²) in [5.41, 5.74) is 5.39. The minimum atomic E-state index is -1.91. The molecule has 0 saturated carbocycles. The fraction of sp³-hybridized carbons (Fsp3) is 0.455. The Morgan fingerprint density at radius 2 is 1.82 bits per heavy atom. The SMILES string of the molecule is CC(C)(C)C(c1ccc(CNc2c(Cl)ccc3c2CCNCC3)cc1)S(=O)O. The van der Waals surface area contributed by atoms with Gasteiger partial charge < -0.3 is 15.2 Å². The average Bonchev–Trinajstić information content (AvgIpc) is 2.86. The Bertz CT molecular complexity index is 847. The molecule has 1 aliphatic heterocycles. The lowest BCUT2D eigenvalue weighted by Gasteiger charge is -2.28. The number of hydrogen-bond acceptors (Lipinski definition) is 3. The summed E-state index contributed by atoms with van der Waals surface area (Å²) in [7, 11) is 0. The Labute approximate surface area is 175 Å². The molecule has 28 heavy (non-hydrogen) atoms. The van der Waals surface area contributed by atoms with Gasteiger partial charge >= 0.3 is 0 Å². The van der Waals surface area contributed by atoms with Gasteiger partial charge in [0.05, 0.1) is 16.0 Å². The van der Waals surface area contributed by atoms with Crippen LogP contribution in [0.15, 0.2) is 36.4 Å². The topological polar surface area (TPSA) is 61.4 Å². The molecule has 0 radical (unpaired) electrons. The first kappa shape index (κ1) is 21.3. The van der Waals surface area contributed by atoms with Crippen LogP contribution in [0.25, 0.3) is 0 Å². The molecule has 6 heteroatoms. The van der Waals surface area contributed by atoms with Crippen LogP contribution in [0.2, 0.25) is 5.02 Å². The van der Waals surface area contributed by atoms with Crippen LogP contribution in [0.5, 0.6) is 0 Å². The molecule has 2 atom stereocenters. The zero-order chi connectivity index (χ0) is 20.3. The van der Waals surface area contributed by atoms with Crippen molar-refractivity contribution >= 4 is 28.4 Å². The van der Waals surface area contributed by atoms with Crippen LogP contribution < -0.4 is 10.6 Å². The van der Waals surface area contributed by atoms with Gasteiger partial charge in [0.2, 0.25) is 0 Å². The summed E-state index contributed by atoms with van der Waals surface area (Å²) in [5, 5.41) is 7.29. The summed E-state index contributed by atoms with van der Waals surface area (Å²) in [6.07, 6.45) is 1.98. The highest BCUT2D eigenvalue weighted by Gasteiger charge is 2.31. The molecule has 0 saturated heterocycles. The maximum absolute atomic E-state index is 11.8. The quantitative estimate of drug-likeness (QED) is 0.599. The van der Waals surface area contributed by atoms with Crippen LogP contribution in [0, 0.1) is 5.41 Å². The lowest BCUT2D eigenvalue weighted by molar-refractivity contribution is 0.377. The number of fused-ring (bicyclic) bond motifs is 1. The predicted molar refractivity (Wildman–Crippen MR) is 118 cm³/mol. The molecule has 0 spiro atoms. The van der Waals surface area contributed by atoms with E-state index in [1.807, 2.05) is 51.1 Å². The molecule has 0 fully saturated rings. The lowest BCUT2D eigenvalue weighted by atomic mass is 9.87. The smallest absolute Gasteiger partial charge is 0.161 e. The van der Waals surface area contributed by atoms with Gasteiger partial charge in [-0.2, -0.15) is 0 Å². The molecule has 0 bridgehead atoms. The summed E-state index contributed by atoms with van der Waals surface area (Å²) in [6, 6.07) is 12.1.